The fraction of sp³-hybridized carbons (Fsp3) is 0.875. The molecule has 0 spiro atoms. The van der Waals surface area contributed by atoms with Gasteiger partial charge in [0.2, 0.25) is 0 Å². The Kier molecular flexibility index (Phi) is 3.18. The van der Waals surface area contributed by atoms with Crippen LogP contribution in [0.3, 0.4) is 0 Å². The van der Waals surface area contributed by atoms with Crippen LogP contribution in [0.25, 0.3) is 0 Å². The van der Waals surface area contributed by atoms with Crippen LogP contribution in [0.15, 0.2) is 0 Å². The van der Waals surface area contributed by atoms with Crippen molar-refractivity contribution in [1.82, 2.24) is 0 Å². The van der Waals surface area contributed by atoms with Gasteiger partial charge in [-0.15, -0.1) is 0 Å². The number of alkyl halides is 1. The van der Waals surface area contributed by atoms with Crippen LogP contribution in [0.5, 0.6) is 0 Å². The molecule has 1 fully saturated rings. The molecular weight excluding hydrogens is 164 g/mol. The van der Waals surface area contributed by atoms with Gasteiger partial charge in [-0.1, -0.05) is 24.4 Å². The van der Waals surface area contributed by atoms with E-state index < -0.39 is 5.56 Å². The van der Waals surface area contributed by atoms with Crippen molar-refractivity contribution in [1.29, 1.82) is 0 Å². The molecule has 1 atom stereocenters. The highest BCUT2D eigenvalue weighted by atomic mass is 35.5. The molecule has 0 aliphatic heterocycles. The molecule has 0 aromatic heterocycles. The van der Waals surface area contributed by atoms with E-state index in [1.165, 1.54) is 0 Å². The van der Waals surface area contributed by atoms with Crippen LogP contribution in [0.4, 0.5) is 0 Å². The highest BCUT2D eigenvalue weighted by molar-refractivity contribution is 6.19. The monoisotopic (exact) mass is 176 g/mol. The quantitative estimate of drug-likeness (QED) is 0.477. The number of carbonyl (C=O) groups is 1. The van der Waals surface area contributed by atoms with Gasteiger partial charge in [0, 0.05) is 0 Å². The number of esters is 1. The summed E-state index contributed by atoms with van der Waals surface area (Å²) in [5.41, 5.74) is -0.483. The van der Waals surface area contributed by atoms with E-state index in [1.807, 2.05) is 0 Å². The molecule has 0 unspecified atom stereocenters. The summed E-state index contributed by atoms with van der Waals surface area (Å²) in [5, 5.41) is 0. The second kappa shape index (κ2) is 3.96. The van der Waals surface area contributed by atoms with Crippen molar-refractivity contribution in [2.45, 2.75) is 38.2 Å². The molecule has 0 amide bonds. The predicted molar refractivity (Wildman–Crippen MR) is 43.4 cm³/mol. The fourth-order valence-corrected chi connectivity index (χ4v) is 1.51. The molecule has 0 bridgehead atoms. The topological polar surface area (TPSA) is 26.3 Å². The number of rotatable bonds is 2. The Labute approximate surface area is 71.9 Å². The minimum absolute atomic E-state index is 0.120. The van der Waals surface area contributed by atoms with Crippen molar-refractivity contribution in [3.05, 3.63) is 0 Å². The molecule has 64 valence electrons. The number of hydrogen-bond donors (Lipinski definition) is 0. The predicted octanol–water partition coefficient (Wildman–Crippen LogP) is 2.30. The van der Waals surface area contributed by atoms with Crippen LogP contribution in [0, 0.1) is 5.92 Å². The Morgan fingerprint density at radius 1 is 1.55 bits per heavy atom. The summed E-state index contributed by atoms with van der Waals surface area (Å²) in [6.45, 7) is 1.66. The molecular formula is C8H13ClO2. The van der Waals surface area contributed by atoms with Crippen LogP contribution >= 0.6 is 11.6 Å². The van der Waals surface area contributed by atoms with E-state index in [9.17, 15) is 4.79 Å². The summed E-state index contributed by atoms with van der Waals surface area (Å²) in [7, 11) is 0. The summed E-state index contributed by atoms with van der Waals surface area (Å²) in [6, 6.07) is 0. The Morgan fingerprint density at radius 3 is 2.55 bits per heavy atom. The zero-order valence-electron chi connectivity index (χ0n) is 6.68. The molecule has 11 heavy (non-hydrogen) atoms. The van der Waals surface area contributed by atoms with E-state index in [2.05, 4.69) is 0 Å². The lowest BCUT2D eigenvalue weighted by atomic mass is 10.1. The maximum atomic E-state index is 11.1. The first-order valence-corrected chi connectivity index (χ1v) is 4.48. The molecule has 0 saturated heterocycles. The highest BCUT2D eigenvalue weighted by Gasteiger charge is 2.24. The summed E-state index contributed by atoms with van der Waals surface area (Å²) >= 11 is 5.51. The summed E-state index contributed by atoms with van der Waals surface area (Å²) in [5.74, 6) is 0.00111. The van der Waals surface area contributed by atoms with E-state index in [1.54, 1.807) is 6.92 Å². The molecule has 0 heterocycles. The largest absolute Gasteiger partial charge is 0.446 e. The van der Waals surface area contributed by atoms with E-state index in [-0.39, 0.29) is 11.9 Å². The van der Waals surface area contributed by atoms with Crippen LogP contribution in [0.1, 0.15) is 32.6 Å². The lowest BCUT2D eigenvalue weighted by molar-refractivity contribution is -0.149. The van der Waals surface area contributed by atoms with Gasteiger partial charge < -0.3 is 4.74 Å². The second-order valence-corrected chi connectivity index (χ2v) is 3.58. The SMILES string of the molecule is C[C@@H](Cl)OC(=O)C1CCCC1. The van der Waals surface area contributed by atoms with Crippen molar-refractivity contribution in [3.63, 3.8) is 0 Å². The maximum absolute atomic E-state index is 11.1. The summed E-state index contributed by atoms with van der Waals surface area (Å²) < 4.78 is 4.86. The van der Waals surface area contributed by atoms with Crippen molar-refractivity contribution >= 4 is 17.6 Å². The number of halogens is 1. The lowest BCUT2D eigenvalue weighted by Gasteiger charge is -2.10. The zero-order valence-corrected chi connectivity index (χ0v) is 7.43. The first-order chi connectivity index (χ1) is 5.20. The van der Waals surface area contributed by atoms with Crippen LogP contribution < -0.4 is 0 Å². The fourth-order valence-electron chi connectivity index (χ4n) is 1.42. The molecule has 3 heteroatoms. The van der Waals surface area contributed by atoms with Crippen molar-refractivity contribution in [3.8, 4) is 0 Å². The average molecular weight is 177 g/mol. The maximum Gasteiger partial charge on any atom is 0.310 e. The standard InChI is InChI=1S/C8H13ClO2/c1-6(9)11-8(10)7-4-2-3-5-7/h6-7H,2-5H2,1H3/t6-/m0/s1. The third-order valence-electron chi connectivity index (χ3n) is 1.97. The van der Waals surface area contributed by atoms with Crippen LogP contribution in [-0.4, -0.2) is 11.5 Å². The molecule has 0 N–H and O–H groups in total. The number of ether oxygens (including phenoxy) is 1. The second-order valence-electron chi connectivity index (χ2n) is 2.96. The molecule has 0 radical (unpaired) electrons. The first kappa shape index (κ1) is 8.85. The summed E-state index contributed by atoms with van der Waals surface area (Å²) in [4.78, 5) is 11.1. The molecule has 1 rings (SSSR count). The van der Waals surface area contributed by atoms with Gasteiger partial charge in [0.05, 0.1) is 5.92 Å². The lowest BCUT2D eigenvalue weighted by Crippen LogP contribution is -2.17. The normalized spacial score (nSPS) is 21.6. The third-order valence-corrected chi connectivity index (χ3v) is 2.06. The van der Waals surface area contributed by atoms with E-state index in [4.69, 9.17) is 16.3 Å². The van der Waals surface area contributed by atoms with Gasteiger partial charge in [0.1, 0.15) is 0 Å². The van der Waals surface area contributed by atoms with E-state index >= 15 is 0 Å². The number of hydrogen-bond acceptors (Lipinski definition) is 2. The number of carbonyl (C=O) groups excluding carboxylic acids is 1. The zero-order chi connectivity index (χ0) is 8.27. The first-order valence-electron chi connectivity index (χ1n) is 4.04. The van der Waals surface area contributed by atoms with Gasteiger partial charge in [-0.25, -0.2) is 0 Å². The Morgan fingerprint density at radius 2 is 2.09 bits per heavy atom. The van der Waals surface area contributed by atoms with Crippen LogP contribution in [0.2, 0.25) is 0 Å². The van der Waals surface area contributed by atoms with Gasteiger partial charge in [0.15, 0.2) is 5.56 Å². The van der Waals surface area contributed by atoms with Gasteiger partial charge in [-0.05, 0) is 19.8 Å². The van der Waals surface area contributed by atoms with Gasteiger partial charge in [0.25, 0.3) is 0 Å². The van der Waals surface area contributed by atoms with Gasteiger partial charge in [-0.2, -0.15) is 0 Å². The van der Waals surface area contributed by atoms with Crippen LogP contribution in [-0.2, 0) is 9.53 Å². The Balaban J connectivity index is 2.28. The van der Waals surface area contributed by atoms with Gasteiger partial charge >= 0.3 is 5.97 Å². The van der Waals surface area contributed by atoms with Crippen molar-refractivity contribution in [2.75, 3.05) is 0 Å². The van der Waals surface area contributed by atoms with Gasteiger partial charge in [-0.3, -0.25) is 4.79 Å². The van der Waals surface area contributed by atoms with Crippen molar-refractivity contribution in [2.24, 2.45) is 5.92 Å². The smallest absolute Gasteiger partial charge is 0.310 e. The van der Waals surface area contributed by atoms with E-state index in [0.717, 1.165) is 25.7 Å². The third kappa shape index (κ3) is 2.70. The minimum atomic E-state index is -0.483. The molecule has 2 nitrogen and oxygen atoms in total. The highest BCUT2D eigenvalue weighted by Crippen LogP contribution is 2.26. The minimum Gasteiger partial charge on any atom is -0.446 e. The van der Waals surface area contributed by atoms with E-state index in [0.29, 0.717) is 0 Å². The summed E-state index contributed by atoms with van der Waals surface area (Å²) in [6.07, 6.45) is 4.25. The molecule has 0 aromatic rings. The van der Waals surface area contributed by atoms with Crippen molar-refractivity contribution < 1.29 is 9.53 Å². The molecule has 1 aliphatic carbocycles. The Bertz CT molecular complexity index is 139. The molecule has 0 aromatic carbocycles. The Hall–Kier alpha value is -0.240. The average Bonchev–Trinajstić information content (AvgIpc) is 2.35. The molecule has 1 saturated carbocycles. The molecule has 1 aliphatic rings.